The summed E-state index contributed by atoms with van der Waals surface area (Å²) in [6, 6.07) is 8.19. The van der Waals surface area contributed by atoms with Crippen LogP contribution in [-0.2, 0) is 0 Å². The molecule has 0 spiro atoms. The molecule has 1 rings (SSSR count). The Morgan fingerprint density at radius 3 is 2.19 bits per heavy atom. The SMILES string of the molecule is Cc1ccccc1/C=C/C=C/C=C\C=C\F. The van der Waals surface area contributed by atoms with Crippen LogP contribution in [0.25, 0.3) is 6.08 Å². The molecule has 0 aromatic heterocycles. The normalized spacial score (nSPS) is 12.6. The summed E-state index contributed by atoms with van der Waals surface area (Å²) in [5, 5.41) is 0. The second-order valence-electron chi connectivity index (χ2n) is 3.30. The first kappa shape index (κ1) is 12.2. The zero-order chi connectivity index (χ0) is 11.6. The van der Waals surface area contributed by atoms with E-state index in [1.54, 1.807) is 12.2 Å². The minimum Gasteiger partial charge on any atom is -0.216 e. The smallest absolute Gasteiger partial charge is 0.0866 e. The van der Waals surface area contributed by atoms with Crippen molar-refractivity contribution >= 4 is 6.08 Å². The molecule has 0 atom stereocenters. The fraction of sp³-hybridized carbons (Fsp3) is 0.0667. The van der Waals surface area contributed by atoms with Gasteiger partial charge in [-0.3, -0.25) is 0 Å². The highest BCUT2D eigenvalue weighted by Gasteiger charge is 1.88. The number of hydrogen-bond acceptors (Lipinski definition) is 0. The predicted molar refractivity (Wildman–Crippen MR) is 68.7 cm³/mol. The molecule has 82 valence electrons. The Balaban J connectivity index is 2.52. The first-order valence-electron chi connectivity index (χ1n) is 5.17. The van der Waals surface area contributed by atoms with Crippen molar-refractivity contribution < 1.29 is 4.39 Å². The quantitative estimate of drug-likeness (QED) is 0.642. The zero-order valence-corrected chi connectivity index (χ0v) is 9.31. The van der Waals surface area contributed by atoms with Gasteiger partial charge in [-0.2, -0.15) is 0 Å². The maximum absolute atomic E-state index is 11.6. The van der Waals surface area contributed by atoms with E-state index in [1.165, 1.54) is 17.2 Å². The fourth-order valence-corrected chi connectivity index (χ4v) is 1.23. The third-order valence-electron chi connectivity index (χ3n) is 2.09. The van der Waals surface area contributed by atoms with Gasteiger partial charge in [-0.1, -0.05) is 60.7 Å². The molecule has 0 saturated heterocycles. The summed E-state index contributed by atoms with van der Waals surface area (Å²) in [6.45, 7) is 2.08. The van der Waals surface area contributed by atoms with E-state index in [2.05, 4.69) is 19.1 Å². The lowest BCUT2D eigenvalue weighted by Crippen LogP contribution is -1.76. The van der Waals surface area contributed by atoms with Crippen molar-refractivity contribution in [1.29, 1.82) is 0 Å². The standard InChI is InChI=1S/C15H15F/c1-14-10-7-8-12-15(14)11-6-4-2-3-5-9-13-16/h2-13H,1H3/b4-2+,5-3-,11-6+,13-9+. The van der Waals surface area contributed by atoms with Crippen molar-refractivity contribution in [2.24, 2.45) is 0 Å². The van der Waals surface area contributed by atoms with Crippen LogP contribution in [0.3, 0.4) is 0 Å². The van der Waals surface area contributed by atoms with Gasteiger partial charge < -0.3 is 0 Å². The third-order valence-corrected chi connectivity index (χ3v) is 2.09. The number of halogens is 1. The second-order valence-corrected chi connectivity index (χ2v) is 3.30. The van der Waals surface area contributed by atoms with E-state index in [0.717, 1.165) is 0 Å². The van der Waals surface area contributed by atoms with Gasteiger partial charge in [0.2, 0.25) is 0 Å². The van der Waals surface area contributed by atoms with Crippen LogP contribution in [0.15, 0.2) is 67.1 Å². The summed E-state index contributed by atoms with van der Waals surface area (Å²) in [7, 11) is 0. The van der Waals surface area contributed by atoms with Crippen LogP contribution in [0.5, 0.6) is 0 Å². The summed E-state index contributed by atoms with van der Waals surface area (Å²) in [4.78, 5) is 0. The van der Waals surface area contributed by atoms with Crippen molar-refractivity contribution in [2.75, 3.05) is 0 Å². The van der Waals surface area contributed by atoms with Crippen molar-refractivity contribution in [1.82, 2.24) is 0 Å². The predicted octanol–water partition coefficient (Wildman–Crippen LogP) is 4.60. The van der Waals surface area contributed by atoms with Crippen LogP contribution < -0.4 is 0 Å². The van der Waals surface area contributed by atoms with Crippen molar-refractivity contribution in [3.8, 4) is 0 Å². The topological polar surface area (TPSA) is 0 Å². The second kappa shape index (κ2) is 7.41. The lowest BCUT2D eigenvalue weighted by molar-refractivity contribution is 0.721. The molecule has 0 saturated carbocycles. The monoisotopic (exact) mass is 214 g/mol. The van der Waals surface area contributed by atoms with E-state index in [0.29, 0.717) is 6.33 Å². The summed E-state index contributed by atoms with van der Waals surface area (Å²) in [5.41, 5.74) is 2.46. The third kappa shape index (κ3) is 4.56. The van der Waals surface area contributed by atoms with Gasteiger partial charge in [0.15, 0.2) is 0 Å². The van der Waals surface area contributed by atoms with Gasteiger partial charge in [-0.15, -0.1) is 0 Å². The van der Waals surface area contributed by atoms with Crippen molar-refractivity contribution in [3.63, 3.8) is 0 Å². The summed E-state index contributed by atoms with van der Waals surface area (Å²) >= 11 is 0. The first-order valence-corrected chi connectivity index (χ1v) is 5.17. The van der Waals surface area contributed by atoms with Crippen LogP contribution in [0.4, 0.5) is 4.39 Å². The molecule has 1 aromatic carbocycles. The van der Waals surface area contributed by atoms with E-state index in [4.69, 9.17) is 0 Å². The molecule has 0 aliphatic carbocycles. The number of allylic oxidation sites excluding steroid dienone is 6. The van der Waals surface area contributed by atoms with Crippen LogP contribution in [0.2, 0.25) is 0 Å². The lowest BCUT2D eigenvalue weighted by Gasteiger charge is -1.96. The molecule has 0 radical (unpaired) electrons. The maximum atomic E-state index is 11.6. The Kier molecular flexibility index (Phi) is 5.64. The highest BCUT2D eigenvalue weighted by atomic mass is 19.1. The molecule has 0 aliphatic heterocycles. The van der Waals surface area contributed by atoms with Crippen LogP contribution >= 0.6 is 0 Å². The van der Waals surface area contributed by atoms with Crippen LogP contribution in [0.1, 0.15) is 11.1 Å². The Labute approximate surface area is 96.1 Å². The number of rotatable bonds is 4. The molecule has 0 bridgehead atoms. The number of benzene rings is 1. The minimum atomic E-state index is 0.507. The van der Waals surface area contributed by atoms with Gasteiger partial charge in [0.1, 0.15) is 0 Å². The van der Waals surface area contributed by atoms with Gasteiger partial charge >= 0.3 is 0 Å². The lowest BCUT2D eigenvalue weighted by atomic mass is 10.1. The van der Waals surface area contributed by atoms with E-state index < -0.39 is 0 Å². The van der Waals surface area contributed by atoms with Crippen molar-refractivity contribution in [2.45, 2.75) is 6.92 Å². The molecule has 1 aromatic rings. The highest BCUT2D eigenvalue weighted by Crippen LogP contribution is 2.08. The maximum Gasteiger partial charge on any atom is 0.0866 e. The molecule has 16 heavy (non-hydrogen) atoms. The molecule has 0 fully saturated rings. The van der Waals surface area contributed by atoms with E-state index in [9.17, 15) is 4.39 Å². The van der Waals surface area contributed by atoms with E-state index in [1.807, 2.05) is 36.4 Å². The largest absolute Gasteiger partial charge is 0.216 e. The summed E-state index contributed by atoms with van der Waals surface area (Å²) in [6.07, 6.45) is 13.0. The fourth-order valence-electron chi connectivity index (χ4n) is 1.23. The molecule has 0 N–H and O–H groups in total. The molecular weight excluding hydrogens is 199 g/mol. The molecule has 1 heteroatoms. The molecule has 0 amide bonds. The number of aryl methyl sites for hydroxylation is 1. The molecule has 0 unspecified atom stereocenters. The molecule has 0 nitrogen and oxygen atoms in total. The van der Waals surface area contributed by atoms with Gasteiger partial charge in [-0.05, 0) is 24.1 Å². The van der Waals surface area contributed by atoms with Gasteiger partial charge in [0.25, 0.3) is 0 Å². The number of hydrogen-bond donors (Lipinski definition) is 0. The average Bonchev–Trinajstić information content (AvgIpc) is 2.30. The average molecular weight is 214 g/mol. The van der Waals surface area contributed by atoms with Gasteiger partial charge in [-0.25, -0.2) is 4.39 Å². The van der Waals surface area contributed by atoms with Crippen LogP contribution in [-0.4, -0.2) is 0 Å². The van der Waals surface area contributed by atoms with Gasteiger partial charge in [0.05, 0.1) is 6.33 Å². The Morgan fingerprint density at radius 1 is 0.875 bits per heavy atom. The van der Waals surface area contributed by atoms with Crippen LogP contribution in [0, 0.1) is 6.92 Å². The first-order chi connectivity index (χ1) is 7.84. The summed E-state index contributed by atoms with van der Waals surface area (Å²) in [5.74, 6) is 0. The van der Waals surface area contributed by atoms with Gasteiger partial charge in [0, 0.05) is 0 Å². The summed E-state index contributed by atoms with van der Waals surface area (Å²) < 4.78 is 11.6. The highest BCUT2D eigenvalue weighted by molar-refractivity contribution is 5.54. The zero-order valence-electron chi connectivity index (χ0n) is 9.31. The Bertz CT molecular complexity index is 423. The Hall–Kier alpha value is -1.89. The van der Waals surface area contributed by atoms with E-state index >= 15 is 0 Å². The Morgan fingerprint density at radius 2 is 1.50 bits per heavy atom. The molecule has 0 heterocycles. The molecule has 0 aliphatic rings. The van der Waals surface area contributed by atoms with Crippen molar-refractivity contribution in [3.05, 3.63) is 78.2 Å². The van der Waals surface area contributed by atoms with E-state index in [-0.39, 0.29) is 0 Å². The minimum absolute atomic E-state index is 0.507. The molecular formula is C15H15F.